The van der Waals surface area contributed by atoms with Crippen LogP contribution in [0.1, 0.15) is 26.2 Å². The Kier molecular flexibility index (Phi) is 3.98. The smallest absolute Gasteiger partial charge is 0.0636 e. The molecule has 0 heterocycles. The first-order valence-electron chi connectivity index (χ1n) is 4.66. The maximum atomic E-state index is 9.04. The van der Waals surface area contributed by atoms with Crippen LogP contribution in [0.15, 0.2) is 0 Å². The summed E-state index contributed by atoms with van der Waals surface area (Å²) in [5.74, 6) is 0. The van der Waals surface area contributed by atoms with E-state index in [1.165, 1.54) is 6.42 Å². The number of aliphatic hydroxyl groups excluding tert-OH is 1. The second-order valence-electron chi connectivity index (χ2n) is 3.62. The van der Waals surface area contributed by atoms with Crippen molar-refractivity contribution in [2.24, 2.45) is 0 Å². The Hall–Kier alpha value is -0.120. The molecule has 12 heavy (non-hydrogen) atoms. The molecule has 0 radical (unpaired) electrons. The lowest BCUT2D eigenvalue weighted by Crippen LogP contribution is -2.33. The molecule has 1 rings (SSSR count). The van der Waals surface area contributed by atoms with Crippen LogP contribution in [0.2, 0.25) is 0 Å². The van der Waals surface area contributed by atoms with Crippen molar-refractivity contribution in [2.75, 3.05) is 13.7 Å². The van der Waals surface area contributed by atoms with Crippen LogP contribution in [-0.2, 0) is 4.74 Å². The molecule has 1 aliphatic rings. The number of methoxy groups -OCH3 is 1. The van der Waals surface area contributed by atoms with Crippen molar-refractivity contribution in [1.82, 2.24) is 5.32 Å². The molecule has 0 bridgehead atoms. The third-order valence-electron chi connectivity index (χ3n) is 2.42. The van der Waals surface area contributed by atoms with E-state index in [1.54, 1.807) is 14.0 Å². The van der Waals surface area contributed by atoms with Gasteiger partial charge in [0.25, 0.3) is 0 Å². The molecule has 72 valence electrons. The van der Waals surface area contributed by atoms with Crippen LogP contribution in [0.4, 0.5) is 0 Å². The summed E-state index contributed by atoms with van der Waals surface area (Å²) >= 11 is 0. The van der Waals surface area contributed by atoms with E-state index in [2.05, 4.69) is 5.32 Å². The number of hydrogen-bond acceptors (Lipinski definition) is 3. The second-order valence-corrected chi connectivity index (χ2v) is 3.62. The fourth-order valence-electron chi connectivity index (χ4n) is 1.68. The molecular formula is C9H19NO2. The quantitative estimate of drug-likeness (QED) is 0.651. The van der Waals surface area contributed by atoms with Gasteiger partial charge in [0.1, 0.15) is 0 Å². The Labute approximate surface area is 74.1 Å². The monoisotopic (exact) mass is 173 g/mol. The number of aliphatic hydroxyl groups is 1. The number of ether oxygens (including phenoxy) is 1. The highest BCUT2D eigenvalue weighted by atomic mass is 16.5. The van der Waals surface area contributed by atoms with E-state index in [-0.39, 0.29) is 6.10 Å². The van der Waals surface area contributed by atoms with Gasteiger partial charge in [-0.05, 0) is 26.2 Å². The van der Waals surface area contributed by atoms with Crippen molar-refractivity contribution in [2.45, 2.75) is 44.4 Å². The normalized spacial score (nSPS) is 32.2. The second kappa shape index (κ2) is 4.80. The van der Waals surface area contributed by atoms with Crippen LogP contribution < -0.4 is 5.32 Å². The maximum absolute atomic E-state index is 9.04. The average molecular weight is 173 g/mol. The van der Waals surface area contributed by atoms with E-state index in [9.17, 15) is 0 Å². The standard InChI is InChI=1S/C9H19NO2/c1-7(11)6-10-8-3-4-9(5-8)12-2/h7-11H,3-6H2,1-2H3/t7-,8?,9?/m1/s1. The van der Waals surface area contributed by atoms with Crippen molar-refractivity contribution < 1.29 is 9.84 Å². The first-order chi connectivity index (χ1) is 5.72. The van der Waals surface area contributed by atoms with Crippen molar-refractivity contribution in [3.63, 3.8) is 0 Å². The van der Waals surface area contributed by atoms with E-state index in [0.717, 1.165) is 12.8 Å². The zero-order valence-electron chi connectivity index (χ0n) is 7.92. The van der Waals surface area contributed by atoms with Gasteiger partial charge in [0.15, 0.2) is 0 Å². The van der Waals surface area contributed by atoms with Gasteiger partial charge in [-0.25, -0.2) is 0 Å². The molecule has 1 saturated carbocycles. The fraction of sp³-hybridized carbons (Fsp3) is 1.00. The Morgan fingerprint density at radius 2 is 2.33 bits per heavy atom. The summed E-state index contributed by atoms with van der Waals surface area (Å²) in [6.45, 7) is 2.50. The van der Waals surface area contributed by atoms with Crippen LogP contribution >= 0.6 is 0 Å². The van der Waals surface area contributed by atoms with Gasteiger partial charge in [0, 0.05) is 19.7 Å². The van der Waals surface area contributed by atoms with E-state index < -0.39 is 0 Å². The van der Waals surface area contributed by atoms with Crippen LogP contribution in [0, 0.1) is 0 Å². The molecule has 2 N–H and O–H groups in total. The van der Waals surface area contributed by atoms with Gasteiger partial charge in [0.05, 0.1) is 12.2 Å². The predicted molar refractivity (Wildman–Crippen MR) is 48.1 cm³/mol. The van der Waals surface area contributed by atoms with Gasteiger partial charge < -0.3 is 15.2 Å². The maximum Gasteiger partial charge on any atom is 0.0636 e. The van der Waals surface area contributed by atoms with Crippen molar-refractivity contribution in [3.8, 4) is 0 Å². The molecule has 0 saturated heterocycles. The summed E-state index contributed by atoms with van der Waals surface area (Å²) in [6, 6.07) is 0.546. The minimum Gasteiger partial charge on any atom is -0.392 e. The first kappa shape index (κ1) is 9.96. The van der Waals surface area contributed by atoms with Crippen molar-refractivity contribution in [3.05, 3.63) is 0 Å². The fourth-order valence-corrected chi connectivity index (χ4v) is 1.68. The summed E-state index contributed by atoms with van der Waals surface area (Å²) in [5.41, 5.74) is 0. The van der Waals surface area contributed by atoms with E-state index in [1.807, 2.05) is 0 Å². The molecule has 1 aliphatic carbocycles. The zero-order valence-corrected chi connectivity index (χ0v) is 7.92. The predicted octanol–water partition coefficient (Wildman–Crippen LogP) is 0.524. The van der Waals surface area contributed by atoms with Gasteiger partial charge >= 0.3 is 0 Å². The largest absolute Gasteiger partial charge is 0.392 e. The molecule has 3 atom stereocenters. The lowest BCUT2D eigenvalue weighted by molar-refractivity contribution is 0.106. The highest BCUT2D eigenvalue weighted by Gasteiger charge is 2.23. The van der Waals surface area contributed by atoms with Crippen LogP contribution in [0.5, 0.6) is 0 Å². The Morgan fingerprint density at radius 1 is 1.58 bits per heavy atom. The Balaban J connectivity index is 2.11. The SMILES string of the molecule is COC1CCC(NC[C@@H](C)O)C1. The summed E-state index contributed by atoms with van der Waals surface area (Å²) < 4.78 is 5.25. The molecule has 0 aliphatic heterocycles. The summed E-state index contributed by atoms with van der Waals surface area (Å²) in [7, 11) is 1.77. The zero-order chi connectivity index (χ0) is 8.97. The van der Waals surface area contributed by atoms with Crippen LogP contribution in [-0.4, -0.2) is 37.0 Å². The summed E-state index contributed by atoms with van der Waals surface area (Å²) in [6.07, 6.45) is 3.59. The minimum absolute atomic E-state index is 0.244. The van der Waals surface area contributed by atoms with Gasteiger partial charge in [-0.3, -0.25) is 0 Å². The molecular weight excluding hydrogens is 154 g/mol. The van der Waals surface area contributed by atoms with Gasteiger partial charge in [0.2, 0.25) is 0 Å². The number of rotatable bonds is 4. The van der Waals surface area contributed by atoms with E-state index >= 15 is 0 Å². The lowest BCUT2D eigenvalue weighted by Gasteiger charge is -2.13. The molecule has 0 aromatic carbocycles. The van der Waals surface area contributed by atoms with Crippen LogP contribution in [0.3, 0.4) is 0 Å². The molecule has 0 amide bonds. The third kappa shape index (κ3) is 3.09. The highest BCUT2D eigenvalue weighted by molar-refractivity contribution is 4.81. The van der Waals surface area contributed by atoms with E-state index in [0.29, 0.717) is 18.7 Å². The molecule has 1 fully saturated rings. The molecule has 0 aromatic rings. The number of nitrogens with one attached hydrogen (secondary N) is 1. The summed E-state index contributed by atoms with van der Waals surface area (Å²) in [5, 5.41) is 12.4. The van der Waals surface area contributed by atoms with Crippen LogP contribution in [0.25, 0.3) is 0 Å². The van der Waals surface area contributed by atoms with E-state index in [4.69, 9.17) is 9.84 Å². The molecule has 3 nitrogen and oxygen atoms in total. The van der Waals surface area contributed by atoms with Crippen molar-refractivity contribution in [1.29, 1.82) is 0 Å². The number of hydrogen-bond donors (Lipinski definition) is 2. The highest BCUT2D eigenvalue weighted by Crippen LogP contribution is 2.21. The molecule has 3 heteroatoms. The minimum atomic E-state index is -0.244. The first-order valence-corrected chi connectivity index (χ1v) is 4.66. The average Bonchev–Trinajstić information content (AvgIpc) is 2.48. The molecule has 2 unspecified atom stereocenters. The molecule has 0 aromatic heterocycles. The Morgan fingerprint density at radius 3 is 2.83 bits per heavy atom. The third-order valence-corrected chi connectivity index (χ3v) is 2.42. The summed E-state index contributed by atoms with van der Waals surface area (Å²) in [4.78, 5) is 0. The molecule has 0 spiro atoms. The van der Waals surface area contributed by atoms with Crippen molar-refractivity contribution >= 4 is 0 Å². The Bertz CT molecular complexity index is 128. The van der Waals surface area contributed by atoms with Gasteiger partial charge in [-0.15, -0.1) is 0 Å². The topological polar surface area (TPSA) is 41.5 Å². The lowest BCUT2D eigenvalue weighted by atomic mass is 10.2. The van der Waals surface area contributed by atoms with Gasteiger partial charge in [-0.2, -0.15) is 0 Å². The van der Waals surface area contributed by atoms with Gasteiger partial charge in [-0.1, -0.05) is 0 Å².